The summed E-state index contributed by atoms with van der Waals surface area (Å²) in [6, 6.07) is 2.15. The first-order valence-corrected chi connectivity index (χ1v) is 4.11. The Balaban J connectivity index is 2.30. The first kappa shape index (κ1) is 9.17. The third-order valence-electron chi connectivity index (χ3n) is 1.94. The summed E-state index contributed by atoms with van der Waals surface area (Å²) in [7, 11) is 0. The van der Waals surface area contributed by atoms with E-state index in [4.69, 9.17) is 5.26 Å². The van der Waals surface area contributed by atoms with E-state index in [0.29, 0.717) is 13.2 Å². The second-order valence-corrected chi connectivity index (χ2v) is 2.97. The Morgan fingerprint density at radius 3 is 2.83 bits per heavy atom. The second-order valence-electron chi connectivity index (χ2n) is 2.97. The van der Waals surface area contributed by atoms with E-state index >= 15 is 0 Å². The molecule has 0 radical (unpaired) electrons. The van der Waals surface area contributed by atoms with Crippen LogP contribution in [0.3, 0.4) is 0 Å². The highest BCUT2D eigenvalue weighted by molar-refractivity contribution is 5.22. The van der Waals surface area contributed by atoms with E-state index in [1.807, 2.05) is 0 Å². The second kappa shape index (κ2) is 4.86. The summed E-state index contributed by atoms with van der Waals surface area (Å²) < 4.78 is 0. The molecule has 1 saturated heterocycles. The van der Waals surface area contributed by atoms with Crippen LogP contribution in [0.15, 0.2) is 4.99 Å². The van der Waals surface area contributed by atoms with Crippen molar-refractivity contribution in [1.29, 1.82) is 5.26 Å². The molecular weight excluding hydrogens is 152 g/mol. The predicted molar refractivity (Wildman–Crippen MR) is 47.8 cm³/mol. The summed E-state index contributed by atoms with van der Waals surface area (Å²) in [4.78, 5) is 8.13. The minimum absolute atomic E-state index is 0.521. The first-order valence-electron chi connectivity index (χ1n) is 4.11. The average molecular weight is 166 g/mol. The zero-order chi connectivity index (χ0) is 8.81. The maximum absolute atomic E-state index is 8.49. The Hall–Kier alpha value is -0.920. The van der Waals surface area contributed by atoms with Crippen LogP contribution in [0, 0.1) is 11.3 Å². The lowest BCUT2D eigenvalue weighted by Gasteiger charge is -2.32. The molecule has 1 aliphatic heterocycles. The molecule has 1 rings (SSSR count). The third-order valence-corrected chi connectivity index (χ3v) is 1.94. The molecule has 66 valence electrons. The molecule has 0 saturated carbocycles. The Morgan fingerprint density at radius 2 is 2.17 bits per heavy atom. The van der Waals surface area contributed by atoms with Crippen LogP contribution in [0.1, 0.15) is 6.42 Å². The normalized spacial score (nSPS) is 20.2. The lowest BCUT2D eigenvalue weighted by molar-refractivity contribution is 0.100. The molecule has 4 nitrogen and oxygen atoms in total. The van der Waals surface area contributed by atoms with Crippen LogP contribution >= 0.6 is 0 Å². The summed E-state index contributed by atoms with van der Waals surface area (Å²) in [5, 5.41) is 8.49. The predicted octanol–water partition coefficient (Wildman–Crippen LogP) is 0.133. The molecule has 1 fully saturated rings. The molecule has 4 heteroatoms. The largest absolute Gasteiger partial charge is 0.285 e. The Morgan fingerprint density at radius 1 is 1.42 bits per heavy atom. The van der Waals surface area contributed by atoms with E-state index < -0.39 is 0 Å². The number of hydrogen-bond acceptors (Lipinski definition) is 4. The fourth-order valence-corrected chi connectivity index (χ4v) is 1.43. The topological polar surface area (TPSA) is 42.6 Å². The van der Waals surface area contributed by atoms with Gasteiger partial charge < -0.3 is 0 Å². The van der Waals surface area contributed by atoms with Crippen molar-refractivity contribution in [2.24, 2.45) is 4.99 Å². The number of nitriles is 1. The number of nitrogens with zero attached hydrogens (tertiary/aromatic N) is 4. The van der Waals surface area contributed by atoms with Crippen LogP contribution in [-0.2, 0) is 0 Å². The van der Waals surface area contributed by atoms with E-state index in [1.54, 1.807) is 0 Å². The molecule has 0 aromatic carbocycles. The number of hydrogen-bond donors (Lipinski definition) is 0. The van der Waals surface area contributed by atoms with E-state index in [-0.39, 0.29) is 0 Å². The molecule has 0 aliphatic carbocycles. The van der Waals surface area contributed by atoms with Crippen LogP contribution in [-0.4, -0.2) is 49.5 Å². The van der Waals surface area contributed by atoms with E-state index in [9.17, 15) is 0 Å². The Kier molecular flexibility index (Phi) is 3.71. The van der Waals surface area contributed by atoms with Crippen molar-refractivity contribution in [3.05, 3.63) is 0 Å². The minimum Gasteiger partial charge on any atom is -0.285 e. The van der Waals surface area contributed by atoms with Crippen LogP contribution in [0.2, 0.25) is 0 Å². The van der Waals surface area contributed by atoms with Gasteiger partial charge in [-0.15, -0.1) is 0 Å². The Labute approximate surface area is 73.1 Å². The van der Waals surface area contributed by atoms with Gasteiger partial charge in [0.05, 0.1) is 26.0 Å². The van der Waals surface area contributed by atoms with Gasteiger partial charge in [-0.2, -0.15) is 5.26 Å². The quantitative estimate of drug-likeness (QED) is 0.442. The fourth-order valence-electron chi connectivity index (χ4n) is 1.43. The zero-order valence-electron chi connectivity index (χ0n) is 7.24. The molecule has 0 aromatic heterocycles. The molecule has 0 aromatic rings. The van der Waals surface area contributed by atoms with Crippen molar-refractivity contribution in [3.8, 4) is 6.07 Å². The highest BCUT2D eigenvalue weighted by atomic mass is 15.3. The van der Waals surface area contributed by atoms with Gasteiger partial charge in [0, 0.05) is 13.1 Å². The van der Waals surface area contributed by atoms with Crippen molar-refractivity contribution < 1.29 is 0 Å². The number of rotatable bonds is 3. The molecule has 0 spiro atoms. The van der Waals surface area contributed by atoms with Crippen LogP contribution in [0.5, 0.6) is 0 Å². The molecule has 1 heterocycles. The molecule has 0 bridgehead atoms. The van der Waals surface area contributed by atoms with Gasteiger partial charge in [-0.3, -0.25) is 14.8 Å². The van der Waals surface area contributed by atoms with Crippen LogP contribution in [0.25, 0.3) is 0 Å². The SMILES string of the molecule is C=NCN1CCCN(CC#N)C1. The van der Waals surface area contributed by atoms with Crippen LogP contribution in [0.4, 0.5) is 0 Å². The lowest BCUT2D eigenvalue weighted by atomic mass is 10.3. The van der Waals surface area contributed by atoms with Crippen molar-refractivity contribution in [2.75, 3.05) is 33.0 Å². The maximum Gasteiger partial charge on any atom is 0.0912 e. The molecule has 0 atom stereocenters. The zero-order valence-corrected chi connectivity index (χ0v) is 7.24. The molecule has 0 amide bonds. The standard InChI is InChI=1S/C8H14N4/c1-10-7-12-5-2-4-11(8-12)6-3-9/h1-2,4-8H2. The molecule has 12 heavy (non-hydrogen) atoms. The first-order chi connectivity index (χ1) is 5.86. The highest BCUT2D eigenvalue weighted by Crippen LogP contribution is 2.04. The van der Waals surface area contributed by atoms with E-state index in [2.05, 4.69) is 27.6 Å². The maximum atomic E-state index is 8.49. The van der Waals surface area contributed by atoms with Crippen molar-refractivity contribution in [3.63, 3.8) is 0 Å². The molecule has 1 aliphatic rings. The van der Waals surface area contributed by atoms with E-state index in [0.717, 1.165) is 26.2 Å². The summed E-state index contributed by atoms with van der Waals surface area (Å²) >= 11 is 0. The Bertz CT molecular complexity index is 184. The van der Waals surface area contributed by atoms with Crippen molar-refractivity contribution in [1.82, 2.24) is 9.80 Å². The lowest BCUT2D eigenvalue weighted by Crippen LogP contribution is -2.44. The highest BCUT2D eigenvalue weighted by Gasteiger charge is 2.15. The monoisotopic (exact) mass is 166 g/mol. The summed E-state index contributed by atoms with van der Waals surface area (Å²) in [5.74, 6) is 0. The van der Waals surface area contributed by atoms with E-state index in [1.165, 1.54) is 0 Å². The third kappa shape index (κ3) is 2.61. The van der Waals surface area contributed by atoms with Gasteiger partial charge in [-0.1, -0.05) is 0 Å². The van der Waals surface area contributed by atoms with Gasteiger partial charge in [0.15, 0.2) is 0 Å². The minimum atomic E-state index is 0.521. The fraction of sp³-hybridized carbons (Fsp3) is 0.750. The van der Waals surface area contributed by atoms with Crippen molar-refractivity contribution >= 4 is 6.72 Å². The molecule has 0 N–H and O–H groups in total. The summed E-state index contributed by atoms with van der Waals surface area (Å²) in [6.45, 7) is 7.61. The number of aliphatic imine (C=N–C) groups is 1. The van der Waals surface area contributed by atoms with Gasteiger partial charge in [-0.05, 0) is 13.1 Å². The van der Waals surface area contributed by atoms with Gasteiger partial charge in [0.2, 0.25) is 0 Å². The average Bonchev–Trinajstić information content (AvgIpc) is 2.06. The summed E-state index contributed by atoms with van der Waals surface area (Å²) in [5.41, 5.74) is 0. The van der Waals surface area contributed by atoms with Gasteiger partial charge in [-0.25, -0.2) is 0 Å². The summed E-state index contributed by atoms with van der Waals surface area (Å²) in [6.07, 6.45) is 1.12. The van der Waals surface area contributed by atoms with Gasteiger partial charge >= 0.3 is 0 Å². The molecular formula is C8H14N4. The van der Waals surface area contributed by atoms with Crippen LogP contribution < -0.4 is 0 Å². The van der Waals surface area contributed by atoms with Crippen molar-refractivity contribution in [2.45, 2.75) is 6.42 Å². The van der Waals surface area contributed by atoms with Gasteiger partial charge in [0.25, 0.3) is 0 Å². The van der Waals surface area contributed by atoms with Gasteiger partial charge in [0.1, 0.15) is 0 Å². The molecule has 0 unspecified atom stereocenters. The smallest absolute Gasteiger partial charge is 0.0912 e.